The number of benzene rings is 2. The molecule has 0 aliphatic carbocycles. The summed E-state index contributed by atoms with van der Waals surface area (Å²) in [5.41, 5.74) is 3.00. The molecule has 6 nitrogen and oxygen atoms in total. The largest absolute Gasteiger partial charge is 0.483 e. The highest BCUT2D eigenvalue weighted by atomic mass is 35.5. The first-order valence-corrected chi connectivity index (χ1v) is 10.5. The highest BCUT2D eigenvalue weighted by molar-refractivity contribution is 7.99. The maximum atomic E-state index is 12.2. The van der Waals surface area contributed by atoms with Gasteiger partial charge < -0.3 is 14.6 Å². The first kappa shape index (κ1) is 21.2. The SMILES string of the molecule is Cc1cc(C)cc(OC(C)c2nnc(SCC(=O)Nc3ccc(Cl)cc3)n2C)c1. The summed E-state index contributed by atoms with van der Waals surface area (Å²) in [6.45, 7) is 6.01. The van der Waals surface area contributed by atoms with E-state index < -0.39 is 0 Å². The number of nitrogens with zero attached hydrogens (tertiary/aromatic N) is 3. The molecule has 1 heterocycles. The van der Waals surface area contributed by atoms with Gasteiger partial charge in [0.05, 0.1) is 5.75 Å². The molecule has 1 aromatic heterocycles. The van der Waals surface area contributed by atoms with Crippen molar-refractivity contribution in [3.8, 4) is 5.75 Å². The molecule has 8 heteroatoms. The maximum Gasteiger partial charge on any atom is 0.234 e. The Morgan fingerprint density at radius 2 is 1.83 bits per heavy atom. The van der Waals surface area contributed by atoms with Gasteiger partial charge in [0.1, 0.15) is 5.75 Å². The van der Waals surface area contributed by atoms with E-state index in [9.17, 15) is 4.79 Å². The fourth-order valence-electron chi connectivity index (χ4n) is 2.92. The van der Waals surface area contributed by atoms with Crippen molar-refractivity contribution >= 4 is 35.0 Å². The lowest BCUT2D eigenvalue weighted by molar-refractivity contribution is -0.113. The summed E-state index contributed by atoms with van der Waals surface area (Å²) in [5.74, 6) is 1.60. The normalized spacial score (nSPS) is 11.9. The fourth-order valence-corrected chi connectivity index (χ4v) is 3.77. The first-order chi connectivity index (χ1) is 13.8. The number of halogens is 1. The Morgan fingerprint density at radius 3 is 2.48 bits per heavy atom. The average Bonchev–Trinajstić information content (AvgIpc) is 3.02. The van der Waals surface area contributed by atoms with E-state index in [0.29, 0.717) is 21.7 Å². The van der Waals surface area contributed by atoms with Crippen molar-refractivity contribution < 1.29 is 9.53 Å². The van der Waals surface area contributed by atoms with Crippen molar-refractivity contribution in [1.82, 2.24) is 14.8 Å². The molecule has 3 rings (SSSR count). The number of amides is 1. The molecule has 152 valence electrons. The van der Waals surface area contributed by atoms with E-state index >= 15 is 0 Å². The highest BCUT2D eigenvalue weighted by Crippen LogP contribution is 2.25. The second-order valence-corrected chi connectivity index (χ2v) is 8.21. The Kier molecular flexibility index (Phi) is 6.82. The van der Waals surface area contributed by atoms with E-state index in [1.54, 1.807) is 24.3 Å². The molecule has 1 N–H and O–H groups in total. The van der Waals surface area contributed by atoms with Crippen molar-refractivity contribution in [2.24, 2.45) is 7.05 Å². The van der Waals surface area contributed by atoms with Crippen LogP contribution in [0, 0.1) is 13.8 Å². The van der Waals surface area contributed by atoms with Crippen LogP contribution in [0.1, 0.15) is 30.0 Å². The van der Waals surface area contributed by atoms with Crippen LogP contribution in [-0.4, -0.2) is 26.4 Å². The minimum Gasteiger partial charge on any atom is -0.483 e. The number of hydrogen-bond acceptors (Lipinski definition) is 5. The summed E-state index contributed by atoms with van der Waals surface area (Å²) in [7, 11) is 1.87. The van der Waals surface area contributed by atoms with E-state index in [1.165, 1.54) is 11.8 Å². The molecule has 0 aliphatic rings. The Labute approximate surface area is 179 Å². The molecule has 1 unspecified atom stereocenters. The number of hydrogen-bond donors (Lipinski definition) is 1. The maximum absolute atomic E-state index is 12.2. The molecule has 3 aromatic rings. The van der Waals surface area contributed by atoms with E-state index in [4.69, 9.17) is 16.3 Å². The van der Waals surface area contributed by atoms with Gasteiger partial charge in [-0.3, -0.25) is 4.79 Å². The second-order valence-electron chi connectivity index (χ2n) is 6.83. The molecule has 29 heavy (non-hydrogen) atoms. The van der Waals surface area contributed by atoms with Gasteiger partial charge in [-0.1, -0.05) is 29.4 Å². The van der Waals surface area contributed by atoms with Crippen LogP contribution >= 0.6 is 23.4 Å². The van der Waals surface area contributed by atoms with Gasteiger partial charge in [0.2, 0.25) is 5.91 Å². The van der Waals surface area contributed by atoms with Crippen molar-refractivity contribution in [3.05, 3.63) is 64.4 Å². The van der Waals surface area contributed by atoms with Crippen LogP contribution in [0.25, 0.3) is 0 Å². The smallest absolute Gasteiger partial charge is 0.234 e. The van der Waals surface area contributed by atoms with E-state index in [0.717, 1.165) is 16.9 Å². The third-order valence-electron chi connectivity index (χ3n) is 4.20. The topological polar surface area (TPSA) is 69.0 Å². The quantitative estimate of drug-likeness (QED) is 0.536. The van der Waals surface area contributed by atoms with E-state index in [1.807, 2.05) is 44.5 Å². The molecule has 1 atom stereocenters. The lowest BCUT2D eigenvalue weighted by Crippen LogP contribution is -2.14. The molecule has 0 radical (unpaired) electrons. The summed E-state index contributed by atoms with van der Waals surface area (Å²) in [6, 6.07) is 13.1. The summed E-state index contributed by atoms with van der Waals surface area (Å²) in [6.07, 6.45) is -0.272. The Bertz CT molecular complexity index is 984. The summed E-state index contributed by atoms with van der Waals surface area (Å²) >= 11 is 7.18. The number of carbonyl (C=O) groups excluding carboxylic acids is 1. The molecule has 0 bridgehead atoms. The standard InChI is InChI=1S/C21H23ClN4O2S/c1-13-9-14(2)11-18(10-13)28-15(3)20-24-25-21(26(20)4)29-12-19(27)23-17-7-5-16(22)6-8-17/h5-11,15H,12H2,1-4H3,(H,23,27). The zero-order valence-corrected chi connectivity index (χ0v) is 18.3. The lowest BCUT2D eigenvalue weighted by atomic mass is 10.1. The molecule has 0 saturated carbocycles. The van der Waals surface area contributed by atoms with Gasteiger partial charge >= 0.3 is 0 Å². The van der Waals surface area contributed by atoms with Crippen LogP contribution in [0.4, 0.5) is 5.69 Å². The first-order valence-electron chi connectivity index (χ1n) is 9.14. The highest BCUT2D eigenvalue weighted by Gasteiger charge is 2.18. The van der Waals surface area contributed by atoms with Gasteiger partial charge in [-0.05, 0) is 68.3 Å². The molecule has 0 aliphatic heterocycles. The number of aryl methyl sites for hydroxylation is 2. The fraction of sp³-hybridized carbons (Fsp3) is 0.286. The molecular weight excluding hydrogens is 408 g/mol. The van der Waals surface area contributed by atoms with Crippen molar-refractivity contribution in [1.29, 1.82) is 0 Å². The Hall–Kier alpha value is -2.51. The number of rotatable bonds is 7. The van der Waals surface area contributed by atoms with Crippen LogP contribution in [0.15, 0.2) is 47.6 Å². The van der Waals surface area contributed by atoms with Crippen molar-refractivity contribution in [2.75, 3.05) is 11.1 Å². The zero-order valence-electron chi connectivity index (χ0n) is 16.8. The third kappa shape index (κ3) is 5.74. The van der Waals surface area contributed by atoms with Gasteiger partial charge in [-0.15, -0.1) is 10.2 Å². The summed E-state index contributed by atoms with van der Waals surface area (Å²) < 4.78 is 7.90. The Morgan fingerprint density at radius 1 is 1.17 bits per heavy atom. The van der Waals surface area contributed by atoms with E-state index in [2.05, 4.69) is 21.6 Å². The number of aromatic nitrogens is 3. The average molecular weight is 431 g/mol. The number of carbonyl (C=O) groups is 1. The minimum absolute atomic E-state index is 0.124. The summed E-state index contributed by atoms with van der Waals surface area (Å²) in [4.78, 5) is 12.2. The van der Waals surface area contributed by atoms with Gasteiger partial charge in [0, 0.05) is 17.8 Å². The molecule has 0 spiro atoms. The summed E-state index contributed by atoms with van der Waals surface area (Å²) in [5, 5.41) is 12.6. The molecule has 0 saturated heterocycles. The Balaban J connectivity index is 1.59. The molecule has 2 aromatic carbocycles. The van der Waals surface area contributed by atoms with Crippen LogP contribution in [0.5, 0.6) is 5.75 Å². The lowest BCUT2D eigenvalue weighted by Gasteiger charge is -2.15. The monoisotopic (exact) mass is 430 g/mol. The molecule has 1 amide bonds. The predicted molar refractivity (Wildman–Crippen MR) is 117 cm³/mol. The van der Waals surface area contributed by atoms with Crippen LogP contribution in [0.2, 0.25) is 5.02 Å². The second kappa shape index (κ2) is 9.33. The zero-order chi connectivity index (χ0) is 21.0. The number of anilines is 1. The van der Waals surface area contributed by atoms with E-state index in [-0.39, 0.29) is 17.8 Å². The predicted octanol–water partition coefficient (Wildman–Crippen LogP) is 4.96. The molecule has 0 fully saturated rings. The minimum atomic E-state index is -0.272. The van der Waals surface area contributed by atoms with Crippen molar-refractivity contribution in [2.45, 2.75) is 32.0 Å². The molecular formula is C21H23ClN4O2S. The van der Waals surface area contributed by atoms with Gasteiger partial charge in [-0.25, -0.2) is 0 Å². The number of thioether (sulfide) groups is 1. The third-order valence-corrected chi connectivity index (χ3v) is 5.47. The van der Waals surface area contributed by atoms with Crippen LogP contribution < -0.4 is 10.1 Å². The van der Waals surface area contributed by atoms with Gasteiger partial charge in [0.25, 0.3) is 0 Å². The number of nitrogens with one attached hydrogen (secondary N) is 1. The van der Waals surface area contributed by atoms with Crippen LogP contribution in [0.3, 0.4) is 0 Å². The van der Waals surface area contributed by atoms with Gasteiger partial charge in [-0.2, -0.15) is 0 Å². The number of ether oxygens (including phenoxy) is 1. The van der Waals surface area contributed by atoms with Crippen molar-refractivity contribution in [3.63, 3.8) is 0 Å². The van der Waals surface area contributed by atoms with Crippen LogP contribution in [-0.2, 0) is 11.8 Å². The van der Waals surface area contributed by atoms with Gasteiger partial charge in [0.15, 0.2) is 17.1 Å².